The number of hydrogen-bond acceptors (Lipinski definition) is 3. The van der Waals surface area contributed by atoms with Gasteiger partial charge < -0.3 is 14.6 Å². The number of rotatable bonds is 1. The van der Waals surface area contributed by atoms with E-state index >= 15 is 0 Å². The highest BCUT2D eigenvalue weighted by molar-refractivity contribution is 5.94. The summed E-state index contributed by atoms with van der Waals surface area (Å²) in [6, 6.07) is 2.65. The molecule has 2 saturated heterocycles. The van der Waals surface area contributed by atoms with Crippen molar-refractivity contribution >= 4 is 5.91 Å². The summed E-state index contributed by atoms with van der Waals surface area (Å²) in [7, 11) is 0. The van der Waals surface area contributed by atoms with Crippen LogP contribution in [0.3, 0.4) is 0 Å². The van der Waals surface area contributed by atoms with E-state index < -0.39 is 0 Å². The molecule has 80 valence electrons. The van der Waals surface area contributed by atoms with Crippen LogP contribution in [-0.4, -0.2) is 36.0 Å². The summed E-state index contributed by atoms with van der Waals surface area (Å²) in [6.45, 7) is 1.93. The van der Waals surface area contributed by atoms with Crippen LogP contribution < -0.4 is 5.32 Å². The monoisotopic (exact) mass is 206 g/mol. The molecule has 2 unspecified atom stereocenters. The molecule has 3 heterocycles. The Balaban J connectivity index is 1.72. The summed E-state index contributed by atoms with van der Waals surface area (Å²) >= 11 is 0. The number of furan rings is 1. The average molecular weight is 206 g/mol. The Bertz CT molecular complexity index is 361. The van der Waals surface area contributed by atoms with Crippen LogP contribution >= 0.6 is 0 Å². The number of hydrogen-bond donors (Lipinski definition) is 1. The van der Waals surface area contributed by atoms with Crippen LogP contribution in [0.5, 0.6) is 0 Å². The predicted octanol–water partition coefficient (Wildman–Crippen LogP) is 0.856. The highest BCUT2D eigenvalue weighted by atomic mass is 16.3. The fraction of sp³-hybridized carbons (Fsp3) is 0.545. The molecule has 1 aromatic heterocycles. The average Bonchev–Trinajstić information content (AvgIpc) is 2.72. The molecule has 2 aliphatic heterocycles. The van der Waals surface area contributed by atoms with Crippen molar-refractivity contribution in [1.82, 2.24) is 10.2 Å². The molecule has 0 radical (unpaired) electrons. The first kappa shape index (κ1) is 8.97. The largest absolute Gasteiger partial charge is 0.472 e. The molecule has 3 rings (SSSR count). The Morgan fingerprint density at radius 1 is 1.60 bits per heavy atom. The summed E-state index contributed by atoms with van der Waals surface area (Å²) in [6.07, 6.45) is 5.35. The van der Waals surface area contributed by atoms with Gasteiger partial charge in [-0.1, -0.05) is 0 Å². The lowest BCUT2D eigenvalue weighted by Gasteiger charge is -2.51. The second-order valence-corrected chi connectivity index (χ2v) is 4.24. The van der Waals surface area contributed by atoms with Crippen molar-refractivity contribution in [2.45, 2.75) is 24.9 Å². The van der Waals surface area contributed by atoms with Crippen molar-refractivity contribution in [2.24, 2.45) is 0 Å². The minimum Gasteiger partial charge on any atom is -0.472 e. The van der Waals surface area contributed by atoms with Gasteiger partial charge in [-0.15, -0.1) is 0 Å². The predicted molar refractivity (Wildman–Crippen MR) is 54.6 cm³/mol. The first-order valence-electron chi connectivity index (χ1n) is 5.43. The normalized spacial score (nSPS) is 29.5. The summed E-state index contributed by atoms with van der Waals surface area (Å²) in [5.74, 6) is 0.105. The SMILES string of the molecule is O=C(c1ccoc1)N1CC2NCCCC21. The molecule has 2 aliphatic rings. The molecule has 1 amide bonds. The van der Waals surface area contributed by atoms with Gasteiger partial charge in [0.15, 0.2) is 0 Å². The van der Waals surface area contributed by atoms with Gasteiger partial charge in [0, 0.05) is 18.6 Å². The third-order valence-electron chi connectivity index (χ3n) is 3.37. The van der Waals surface area contributed by atoms with Gasteiger partial charge in [-0.25, -0.2) is 0 Å². The zero-order valence-electron chi connectivity index (χ0n) is 8.48. The maximum atomic E-state index is 12.0. The molecule has 4 nitrogen and oxygen atoms in total. The van der Waals surface area contributed by atoms with Crippen LogP contribution in [0.4, 0.5) is 0 Å². The minimum absolute atomic E-state index is 0.105. The van der Waals surface area contributed by atoms with Gasteiger partial charge in [0.25, 0.3) is 5.91 Å². The Hall–Kier alpha value is -1.29. The van der Waals surface area contributed by atoms with Gasteiger partial charge in [-0.3, -0.25) is 4.79 Å². The number of fused-ring (bicyclic) bond motifs is 1. The number of piperidine rings is 1. The molecule has 0 saturated carbocycles. The first-order chi connectivity index (χ1) is 7.36. The first-order valence-corrected chi connectivity index (χ1v) is 5.43. The third-order valence-corrected chi connectivity index (χ3v) is 3.37. The van der Waals surface area contributed by atoms with Crippen molar-refractivity contribution < 1.29 is 9.21 Å². The molecular formula is C11H14N2O2. The highest BCUT2D eigenvalue weighted by Gasteiger charge is 2.43. The Kier molecular flexibility index (Phi) is 2.02. The lowest BCUT2D eigenvalue weighted by Crippen LogP contribution is -2.69. The van der Waals surface area contributed by atoms with Gasteiger partial charge in [-0.05, 0) is 25.5 Å². The second kappa shape index (κ2) is 3.38. The van der Waals surface area contributed by atoms with Gasteiger partial charge in [-0.2, -0.15) is 0 Å². The van der Waals surface area contributed by atoms with Gasteiger partial charge >= 0.3 is 0 Å². The quantitative estimate of drug-likeness (QED) is 0.741. The number of amides is 1. The molecule has 2 fully saturated rings. The zero-order valence-corrected chi connectivity index (χ0v) is 8.48. The number of carbonyl (C=O) groups is 1. The van der Waals surface area contributed by atoms with Crippen LogP contribution in [-0.2, 0) is 0 Å². The number of nitrogens with zero attached hydrogens (tertiary/aromatic N) is 1. The number of likely N-dealkylation sites (tertiary alicyclic amines) is 1. The third kappa shape index (κ3) is 1.36. The molecule has 4 heteroatoms. The van der Waals surface area contributed by atoms with Gasteiger partial charge in [0.05, 0.1) is 11.8 Å². The standard InChI is InChI=1S/C11H14N2O2/c14-11(8-3-5-15-7-8)13-6-9-10(13)2-1-4-12-9/h3,5,7,9-10,12H,1-2,4,6H2. The minimum atomic E-state index is 0.105. The smallest absolute Gasteiger partial charge is 0.257 e. The molecule has 0 spiro atoms. The van der Waals surface area contributed by atoms with E-state index in [4.69, 9.17) is 4.42 Å². The van der Waals surface area contributed by atoms with Crippen molar-refractivity contribution in [2.75, 3.05) is 13.1 Å². The summed E-state index contributed by atoms with van der Waals surface area (Å²) in [5, 5.41) is 3.43. The van der Waals surface area contributed by atoms with Crippen molar-refractivity contribution in [3.63, 3.8) is 0 Å². The van der Waals surface area contributed by atoms with E-state index in [1.165, 1.54) is 6.26 Å². The van der Waals surface area contributed by atoms with Crippen LogP contribution in [0, 0.1) is 0 Å². The molecule has 2 atom stereocenters. The topological polar surface area (TPSA) is 45.5 Å². The summed E-state index contributed by atoms with van der Waals surface area (Å²) in [4.78, 5) is 13.9. The molecule has 0 bridgehead atoms. The van der Waals surface area contributed by atoms with Crippen molar-refractivity contribution in [3.8, 4) is 0 Å². The molecule has 15 heavy (non-hydrogen) atoms. The molecule has 0 aliphatic carbocycles. The summed E-state index contributed by atoms with van der Waals surface area (Å²) in [5.41, 5.74) is 0.666. The maximum Gasteiger partial charge on any atom is 0.257 e. The molecular weight excluding hydrogens is 192 g/mol. The van der Waals surface area contributed by atoms with E-state index in [9.17, 15) is 4.79 Å². The second-order valence-electron chi connectivity index (χ2n) is 4.24. The number of carbonyl (C=O) groups excluding carboxylic acids is 1. The van der Waals surface area contributed by atoms with Crippen LogP contribution in [0.15, 0.2) is 23.0 Å². The lowest BCUT2D eigenvalue weighted by atomic mass is 9.88. The molecule has 1 N–H and O–H groups in total. The van der Waals surface area contributed by atoms with Crippen molar-refractivity contribution in [1.29, 1.82) is 0 Å². The molecule has 1 aromatic rings. The Morgan fingerprint density at radius 3 is 3.27 bits per heavy atom. The fourth-order valence-corrected chi connectivity index (χ4v) is 2.49. The van der Waals surface area contributed by atoms with E-state index in [0.717, 1.165) is 25.9 Å². The highest BCUT2D eigenvalue weighted by Crippen LogP contribution is 2.27. The van der Waals surface area contributed by atoms with E-state index in [1.807, 2.05) is 4.90 Å². The zero-order chi connectivity index (χ0) is 10.3. The van der Waals surface area contributed by atoms with Crippen LogP contribution in [0.1, 0.15) is 23.2 Å². The van der Waals surface area contributed by atoms with Gasteiger partial charge in [0.1, 0.15) is 6.26 Å². The van der Waals surface area contributed by atoms with Gasteiger partial charge in [0.2, 0.25) is 0 Å². The Labute approximate surface area is 88.2 Å². The Morgan fingerprint density at radius 2 is 2.53 bits per heavy atom. The van der Waals surface area contributed by atoms with E-state index in [2.05, 4.69) is 5.32 Å². The maximum absolute atomic E-state index is 12.0. The van der Waals surface area contributed by atoms with Crippen LogP contribution in [0.2, 0.25) is 0 Å². The van der Waals surface area contributed by atoms with Crippen LogP contribution in [0.25, 0.3) is 0 Å². The van der Waals surface area contributed by atoms with Crippen molar-refractivity contribution in [3.05, 3.63) is 24.2 Å². The number of nitrogens with one attached hydrogen (secondary N) is 1. The van der Waals surface area contributed by atoms with E-state index in [1.54, 1.807) is 12.3 Å². The summed E-state index contributed by atoms with van der Waals surface area (Å²) < 4.78 is 4.93. The van der Waals surface area contributed by atoms with E-state index in [0.29, 0.717) is 17.6 Å². The van der Waals surface area contributed by atoms with E-state index in [-0.39, 0.29) is 5.91 Å². The fourth-order valence-electron chi connectivity index (χ4n) is 2.49. The molecule has 0 aromatic carbocycles. The lowest BCUT2D eigenvalue weighted by molar-refractivity contribution is 0.0174.